The smallest absolute Gasteiger partial charge is 0.148 e. The predicted molar refractivity (Wildman–Crippen MR) is 112 cm³/mol. The molecule has 4 aromatic rings. The summed E-state index contributed by atoms with van der Waals surface area (Å²) in [7, 11) is 0. The number of nitrogens with one attached hydrogen (secondary N) is 2. The number of aromatic nitrogens is 4. The first-order chi connectivity index (χ1) is 13.7. The molecule has 2 N–H and O–H groups in total. The average molecular weight is 368 g/mol. The molecule has 0 unspecified atom stereocenters. The van der Waals surface area contributed by atoms with E-state index < -0.39 is 0 Å². The van der Waals surface area contributed by atoms with Crippen LogP contribution in [0.1, 0.15) is 28.5 Å². The summed E-state index contributed by atoms with van der Waals surface area (Å²) in [5.74, 6) is 1.50. The fraction of sp³-hybridized carbons (Fsp3) is 0.0909. The van der Waals surface area contributed by atoms with Crippen LogP contribution in [0.3, 0.4) is 0 Å². The third-order valence-electron chi connectivity index (χ3n) is 4.19. The van der Waals surface area contributed by atoms with Gasteiger partial charge in [-0.25, -0.2) is 9.97 Å². The van der Waals surface area contributed by atoms with Crippen molar-refractivity contribution in [1.82, 2.24) is 19.9 Å². The maximum absolute atomic E-state index is 4.45. The molecule has 0 spiro atoms. The van der Waals surface area contributed by atoms with Crippen LogP contribution in [0.4, 0.5) is 11.4 Å². The number of hydrogen-bond donors (Lipinski definition) is 2. The fourth-order valence-corrected chi connectivity index (χ4v) is 2.75. The van der Waals surface area contributed by atoms with Crippen LogP contribution < -0.4 is 0 Å². The number of nitrogens with zero attached hydrogens (tertiary/aromatic N) is 4. The quantitative estimate of drug-likeness (QED) is 0.490. The topological polar surface area (TPSA) is 82.1 Å². The Morgan fingerprint density at radius 1 is 0.821 bits per heavy atom. The van der Waals surface area contributed by atoms with Gasteiger partial charge in [0.2, 0.25) is 0 Å². The molecule has 0 atom stereocenters. The van der Waals surface area contributed by atoms with Crippen LogP contribution in [-0.4, -0.2) is 32.4 Å². The van der Waals surface area contributed by atoms with Crippen molar-refractivity contribution in [3.63, 3.8) is 0 Å². The van der Waals surface area contributed by atoms with E-state index in [-0.39, 0.29) is 0 Å². The van der Waals surface area contributed by atoms with E-state index in [0.717, 1.165) is 35.1 Å². The number of aryl methyl sites for hydroxylation is 1. The zero-order valence-electron chi connectivity index (χ0n) is 15.5. The molecule has 2 aromatic carbocycles. The lowest BCUT2D eigenvalue weighted by molar-refractivity contribution is 1.19. The van der Waals surface area contributed by atoms with Gasteiger partial charge in [0.1, 0.15) is 11.6 Å². The van der Waals surface area contributed by atoms with Crippen LogP contribution in [0.15, 0.2) is 77.1 Å². The van der Waals surface area contributed by atoms with Gasteiger partial charge in [-0.2, -0.15) is 0 Å². The molecule has 0 fully saturated rings. The predicted octanol–water partition coefficient (Wildman–Crippen LogP) is 4.53. The highest BCUT2D eigenvalue weighted by Gasteiger charge is 1.99. The molecule has 0 bridgehead atoms. The summed E-state index contributed by atoms with van der Waals surface area (Å²) >= 11 is 0. The van der Waals surface area contributed by atoms with Crippen LogP contribution in [0.25, 0.3) is 0 Å². The molecule has 0 aliphatic heterocycles. The van der Waals surface area contributed by atoms with E-state index in [9.17, 15) is 0 Å². The number of rotatable bonds is 6. The summed E-state index contributed by atoms with van der Waals surface area (Å²) in [4.78, 5) is 23.3. The molecule has 28 heavy (non-hydrogen) atoms. The lowest BCUT2D eigenvalue weighted by atomic mass is 10.0. The van der Waals surface area contributed by atoms with Gasteiger partial charge in [-0.1, -0.05) is 24.3 Å². The Morgan fingerprint density at radius 2 is 1.43 bits per heavy atom. The average Bonchev–Trinajstić information content (AvgIpc) is 3.39. The summed E-state index contributed by atoms with van der Waals surface area (Å²) in [6, 6.07) is 16.5. The second-order valence-corrected chi connectivity index (χ2v) is 6.45. The van der Waals surface area contributed by atoms with Crippen molar-refractivity contribution in [3.05, 3.63) is 95.6 Å². The van der Waals surface area contributed by atoms with E-state index >= 15 is 0 Å². The molecule has 0 saturated heterocycles. The minimum atomic E-state index is 0.744. The number of hydrogen-bond acceptors (Lipinski definition) is 4. The monoisotopic (exact) mass is 368 g/mol. The molecular weight excluding hydrogens is 348 g/mol. The minimum absolute atomic E-state index is 0.744. The third kappa shape index (κ3) is 4.67. The van der Waals surface area contributed by atoms with Crippen LogP contribution in [0.5, 0.6) is 0 Å². The lowest BCUT2D eigenvalue weighted by Gasteiger charge is -2.03. The molecule has 6 nitrogen and oxygen atoms in total. The fourth-order valence-electron chi connectivity index (χ4n) is 2.75. The van der Waals surface area contributed by atoms with E-state index in [0.29, 0.717) is 0 Å². The van der Waals surface area contributed by atoms with Crippen LogP contribution in [0.2, 0.25) is 0 Å². The van der Waals surface area contributed by atoms with Gasteiger partial charge in [-0.3, -0.25) is 9.98 Å². The second-order valence-electron chi connectivity index (χ2n) is 6.45. The first-order valence-corrected chi connectivity index (χ1v) is 9.02. The van der Waals surface area contributed by atoms with E-state index in [1.165, 1.54) is 11.1 Å². The molecule has 2 aromatic heterocycles. The van der Waals surface area contributed by atoms with Crippen molar-refractivity contribution < 1.29 is 0 Å². The largest absolute Gasteiger partial charge is 0.344 e. The Balaban J connectivity index is 1.36. The Morgan fingerprint density at radius 3 is 1.93 bits per heavy atom. The highest BCUT2D eigenvalue weighted by Crippen LogP contribution is 2.18. The molecule has 0 aliphatic rings. The van der Waals surface area contributed by atoms with E-state index in [2.05, 4.69) is 54.2 Å². The number of aromatic amines is 2. The molecule has 0 aliphatic carbocycles. The molecular formula is C22H20N6. The highest BCUT2D eigenvalue weighted by molar-refractivity contribution is 5.77. The molecule has 0 saturated carbocycles. The van der Waals surface area contributed by atoms with Crippen LogP contribution in [0, 0.1) is 6.92 Å². The number of imidazole rings is 2. The molecule has 0 amide bonds. The van der Waals surface area contributed by atoms with E-state index in [1.807, 2.05) is 31.2 Å². The van der Waals surface area contributed by atoms with Crippen molar-refractivity contribution in [1.29, 1.82) is 0 Å². The first kappa shape index (κ1) is 17.6. The Bertz CT molecular complexity index is 1070. The Hall–Kier alpha value is -3.80. The standard InChI is InChI=1S/C22H20N6/c1-16-13-27-22(28-16)15-26-20-8-4-18(5-9-20)12-17-2-6-19(7-3-17)25-14-21-23-10-11-24-21/h2-11,13-15H,12H2,1H3,(H,23,24)(H,27,28)/b25-14+,26-15+. The summed E-state index contributed by atoms with van der Waals surface area (Å²) in [6.07, 6.45) is 9.60. The number of benzene rings is 2. The normalized spacial score (nSPS) is 11.6. The Kier molecular flexibility index (Phi) is 5.20. The van der Waals surface area contributed by atoms with Gasteiger partial charge < -0.3 is 9.97 Å². The van der Waals surface area contributed by atoms with Gasteiger partial charge in [0.05, 0.1) is 23.8 Å². The molecule has 2 heterocycles. The van der Waals surface area contributed by atoms with Gasteiger partial charge in [-0.15, -0.1) is 0 Å². The van der Waals surface area contributed by atoms with Gasteiger partial charge in [0.25, 0.3) is 0 Å². The lowest BCUT2D eigenvalue weighted by Crippen LogP contribution is -1.88. The first-order valence-electron chi connectivity index (χ1n) is 9.02. The summed E-state index contributed by atoms with van der Waals surface area (Å²) in [5, 5.41) is 0. The van der Waals surface area contributed by atoms with E-state index in [1.54, 1.807) is 31.0 Å². The zero-order valence-corrected chi connectivity index (χ0v) is 15.5. The molecule has 4 rings (SSSR count). The summed E-state index contributed by atoms with van der Waals surface area (Å²) in [6.45, 7) is 1.97. The number of aliphatic imine (C=N–C) groups is 2. The van der Waals surface area contributed by atoms with Crippen LogP contribution in [-0.2, 0) is 6.42 Å². The van der Waals surface area contributed by atoms with Crippen molar-refractivity contribution in [3.8, 4) is 0 Å². The van der Waals surface area contributed by atoms with Crippen molar-refractivity contribution in [2.24, 2.45) is 9.98 Å². The zero-order chi connectivity index (χ0) is 19.2. The van der Waals surface area contributed by atoms with Gasteiger partial charge in [0, 0.05) is 24.3 Å². The SMILES string of the molecule is Cc1cnc(/C=N/c2ccc(Cc3ccc(/N=C/c4ncc[nH]4)cc3)cc2)[nH]1. The molecule has 138 valence electrons. The van der Waals surface area contributed by atoms with E-state index in [4.69, 9.17) is 0 Å². The van der Waals surface area contributed by atoms with Crippen molar-refractivity contribution in [2.75, 3.05) is 0 Å². The second kappa shape index (κ2) is 8.26. The Labute approximate surface area is 163 Å². The maximum atomic E-state index is 4.45. The molecule has 6 heteroatoms. The summed E-state index contributed by atoms with van der Waals surface area (Å²) < 4.78 is 0. The summed E-state index contributed by atoms with van der Waals surface area (Å²) in [5.41, 5.74) is 5.30. The van der Waals surface area contributed by atoms with Gasteiger partial charge >= 0.3 is 0 Å². The van der Waals surface area contributed by atoms with Crippen LogP contribution >= 0.6 is 0 Å². The van der Waals surface area contributed by atoms with Crippen molar-refractivity contribution >= 4 is 23.8 Å². The molecule has 0 radical (unpaired) electrons. The minimum Gasteiger partial charge on any atom is -0.344 e. The number of H-pyrrole nitrogens is 2. The van der Waals surface area contributed by atoms with Crippen molar-refractivity contribution in [2.45, 2.75) is 13.3 Å². The highest BCUT2D eigenvalue weighted by atomic mass is 14.9. The maximum Gasteiger partial charge on any atom is 0.148 e. The van der Waals surface area contributed by atoms with Gasteiger partial charge in [0.15, 0.2) is 0 Å². The van der Waals surface area contributed by atoms with Gasteiger partial charge in [-0.05, 0) is 48.7 Å². The third-order valence-corrected chi connectivity index (χ3v) is 4.19.